The van der Waals surface area contributed by atoms with E-state index in [1.165, 1.54) is 12.1 Å². The summed E-state index contributed by atoms with van der Waals surface area (Å²) < 4.78 is 25.0. The molecule has 2 fully saturated rings. The van der Waals surface area contributed by atoms with Gasteiger partial charge >= 0.3 is 0 Å². The molecule has 5 rings (SSSR count). The Bertz CT molecular complexity index is 1010. The van der Waals surface area contributed by atoms with Gasteiger partial charge in [0.1, 0.15) is 23.9 Å². The topological polar surface area (TPSA) is 41.9 Å². The molecule has 1 aliphatic carbocycles. The second kappa shape index (κ2) is 9.94. The van der Waals surface area contributed by atoms with E-state index in [0.717, 1.165) is 48.6 Å². The van der Waals surface area contributed by atoms with E-state index in [1.807, 2.05) is 54.6 Å². The molecule has 33 heavy (non-hydrogen) atoms. The number of hydrogen-bond acceptors (Lipinski definition) is 4. The quantitative estimate of drug-likeness (QED) is 0.514. The van der Waals surface area contributed by atoms with E-state index >= 15 is 0 Å². The molecule has 3 aromatic carbocycles. The molecule has 3 unspecified atom stereocenters. The van der Waals surface area contributed by atoms with Gasteiger partial charge in [-0.2, -0.15) is 0 Å². The molecule has 1 aliphatic heterocycles. The average Bonchev–Trinajstić information content (AvgIpc) is 3.38. The third kappa shape index (κ3) is 5.55. The molecule has 0 spiro atoms. The smallest absolute Gasteiger partial charge is 0.123 e. The highest BCUT2D eigenvalue weighted by atomic mass is 19.1. The number of ether oxygens (including phenoxy) is 2. The van der Waals surface area contributed by atoms with Crippen LogP contribution in [0.15, 0.2) is 78.9 Å². The Morgan fingerprint density at radius 2 is 1.48 bits per heavy atom. The molecule has 0 aromatic heterocycles. The second-order valence-corrected chi connectivity index (χ2v) is 9.26. The molecule has 1 saturated carbocycles. The molecular weight excluding hydrogens is 417 g/mol. The minimum absolute atomic E-state index is 0.195. The van der Waals surface area contributed by atoms with Crippen molar-refractivity contribution in [2.45, 2.75) is 31.7 Å². The van der Waals surface area contributed by atoms with Crippen molar-refractivity contribution in [2.24, 2.45) is 11.8 Å². The zero-order valence-electron chi connectivity index (χ0n) is 18.6. The van der Waals surface area contributed by atoms with Crippen LogP contribution in [-0.2, 0) is 6.61 Å². The molecule has 4 nitrogen and oxygen atoms in total. The van der Waals surface area contributed by atoms with Crippen LogP contribution in [-0.4, -0.2) is 35.7 Å². The van der Waals surface area contributed by atoms with Crippen LogP contribution in [0.3, 0.4) is 0 Å². The van der Waals surface area contributed by atoms with Crippen LogP contribution in [0.1, 0.15) is 30.1 Å². The third-order valence-electron chi connectivity index (χ3n) is 6.84. The zero-order valence-corrected chi connectivity index (χ0v) is 18.6. The van der Waals surface area contributed by atoms with Crippen molar-refractivity contribution in [3.8, 4) is 11.5 Å². The lowest BCUT2D eigenvalue weighted by molar-refractivity contribution is 0.116. The summed E-state index contributed by atoms with van der Waals surface area (Å²) in [6.45, 7) is 3.15. The lowest BCUT2D eigenvalue weighted by Gasteiger charge is -2.22. The van der Waals surface area contributed by atoms with Gasteiger partial charge in [0.15, 0.2) is 0 Å². The second-order valence-electron chi connectivity index (χ2n) is 9.26. The monoisotopic (exact) mass is 447 g/mol. The first-order valence-corrected chi connectivity index (χ1v) is 11.7. The number of halogens is 1. The minimum Gasteiger partial charge on any atom is -0.490 e. The third-order valence-corrected chi connectivity index (χ3v) is 6.84. The number of hydrogen-bond donors (Lipinski definition) is 1. The van der Waals surface area contributed by atoms with Crippen LogP contribution in [0.25, 0.3) is 0 Å². The summed E-state index contributed by atoms with van der Waals surface area (Å²) in [5, 5.41) is 10.8. The summed E-state index contributed by atoms with van der Waals surface area (Å²) in [5.41, 5.74) is 2.04. The number of benzene rings is 3. The number of fused-ring (bicyclic) bond motifs is 1. The highest BCUT2D eigenvalue weighted by Crippen LogP contribution is 2.40. The molecule has 3 aromatic rings. The van der Waals surface area contributed by atoms with Crippen molar-refractivity contribution in [3.05, 3.63) is 95.8 Å². The van der Waals surface area contributed by atoms with E-state index in [0.29, 0.717) is 25.0 Å². The van der Waals surface area contributed by atoms with E-state index in [-0.39, 0.29) is 11.9 Å². The maximum absolute atomic E-state index is 13.1. The van der Waals surface area contributed by atoms with Crippen LogP contribution in [0.2, 0.25) is 0 Å². The van der Waals surface area contributed by atoms with E-state index < -0.39 is 6.10 Å². The van der Waals surface area contributed by atoms with Gasteiger partial charge in [0, 0.05) is 19.6 Å². The molecule has 0 amide bonds. The van der Waals surface area contributed by atoms with Gasteiger partial charge in [-0.25, -0.2) is 4.39 Å². The van der Waals surface area contributed by atoms with Crippen molar-refractivity contribution in [1.29, 1.82) is 0 Å². The largest absolute Gasteiger partial charge is 0.490 e. The molecule has 1 N–H and O–H groups in total. The Morgan fingerprint density at radius 1 is 0.848 bits per heavy atom. The lowest BCUT2D eigenvalue weighted by Crippen LogP contribution is -2.28. The fourth-order valence-electron chi connectivity index (χ4n) is 5.17. The summed E-state index contributed by atoms with van der Waals surface area (Å²) in [7, 11) is 0. The predicted molar refractivity (Wildman–Crippen MR) is 126 cm³/mol. The van der Waals surface area contributed by atoms with E-state index in [1.54, 1.807) is 12.1 Å². The first-order chi connectivity index (χ1) is 16.1. The van der Waals surface area contributed by atoms with Crippen molar-refractivity contribution in [1.82, 2.24) is 4.90 Å². The van der Waals surface area contributed by atoms with Crippen LogP contribution < -0.4 is 9.47 Å². The lowest BCUT2D eigenvalue weighted by atomic mass is 10.0. The van der Waals surface area contributed by atoms with E-state index in [4.69, 9.17) is 9.47 Å². The zero-order chi connectivity index (χ0) is 22.6. The Kier molecular flexibility index (Phi) is 6.60. The van der Waals surface area contributed by atoms with Crippen molar-refractivity contribution >= 4 is 0 Å². The molecular formula is C28H30FNO3. The first-order valence-electron chi connectivity index (χ1n) is 11.7. The van der Waals surface area contributed by atoms with Gasteiger partial charge in [0.2, 0.25) is 0 Å². The van der Waals surface area contributed by atoms with Crippen molar-refractivity contribution in [2.75, 3.05) is 19.6 Å². The van der Waals surface area contributed by atoms with Crippen LogP contribution >= 0.6 is 0 Å². The minimum atomic E-state index is -0.515. The van der Waals surface area contributed by atoms with Crippen molar-refractivity contribution in [3.63, 3.8) is 0 Å². The summed E-state index contributed by atoms with van der Waals surface area (Å²) in [4.78, 5) is 2.37. The van der Waals surface area contributed by atoms with Gasteiger partial charge in [-0.1, -0.05) is 42.5 Å². The normalized spacial score (nSPS) is 23.3. The molecule has 5 heteroatoms. The number of aliphatic hydroxyl groups is 1. The fraction of sp³-hybridized carbons (Fsp3) is 0.357. The number of rotatable bonds is 8. The first kappa shape index (κ1) is 21.9. The maximum atomic E-state index is 13.1. The Labute approximate surface area is 194 Å². The SMILES string of the molecule is OC(CN1CC2CC(Oc3ccc(F)cc3)C[C@@H]2C1)c1ccc(OCc2ccccc2)cc1. The number of β-amino-alcohol motifs (C(OH)–C–C–N with tert-alkyl or cyclic N) is 1. The van der Waals surface area contributed by atoms with Gasteiger partial charge in [0.25, 0.3) is 0 Å². The molecule has 1 saturated heterocycles. The average molecular weight is 448 g/mol. The number of likely N-dealkylation sites (tertiary alicyclic amines) is 1. The Hall–Kier alpha value is -2.89. The summed E-state index contributed by atoms with van der Waals surface area (Å²) in [5.74, 6) is 2.49. The van der Waals surface area contributed by atoms with Crippen LogP contribution in [0.5, 0.6) is 11.5 Å². The molecule has 4 atom stereocenters. The van der Waals surface area contributed by atoms with Gasteiger partial charge in [-0.05, 0) is 72.2 Å². The van der Waals surface area contributed by atoms with E-state index in [2.05, 4.69) is 4.90 Å². The molecule has 172 valence electrons. The number of aliphatic hydroxyl groups excluding tert-OH is 1. The highest BCUT2D eigenvalue weighted by Gasteiger charge is 2.42. The fourth-order valence-corrected chi connectivity index (χ4v) is 5.17. The molecule has 0 bridgehead atoms. The van der Waals surface area contributed by atoms with E-state index in [9.17, 15) is 9.50 Å². The Morgan fingerprint density at radius 3 is 2.15 bits per heavy atom. The molecule has 0 radical (unpaired) electrons. The molecule has 2 aliphatic rings. The number of nitrogens with zero attached hydrogens (tertiary/aromatic N) is 1. The van der Waals surface area contributed by atoms with Crippen LogP contribution in [0, 0.1) is 17.7 Å². The van der Waals surface area contributed by atoms with Gasteiger partial charge in [0.05, 0.1) is 12.2 Å². The van der Waals surface area contributed by atoms with Crippen molar-refractivity contribution < 1.29 is 19.0 Å². The summed E-state index contributed by atoms with van der Waals surface area (Å²) >= 11 is 0. The predicted octanol–water partition coefficient (Wildman–Crippen LogP) is 5.23. The highest BCUT2D eigenvalue weighted by molar-refractivity contribution is 5.29. The van der Waals surface area contributed by atoms with Gasteiger partial charge in [-0.15, -0.1) is 0 Å². The van der Waals surface area contributed by atoms with Crippen LogP contribution in [0.4, 0.5) is 4.39 Å². The molecule has 1 heterocycles. The van der Waals surface area contributed by atoms with Gasteiger partial charge in [-0.3, -0.25) is 4.90 Å². The maximum Gasteiger partial charge on any atom is 0.123 e. The summed E-state index contributed by atoms with van der Waals surface area (Å²) in [6.07, 6.45) is 1.71. The standard InChI is InChI=1S/C28H30FNO3/c29-24-8-12-26(13-9-24)33-27-14-22-16-30(17-23(22)15-27)18-28(31)21-6-10-25(11-7-21)32-19-20-4-2-1-3-5-20/h1-13,22-23,27-28,31H,14-19H2/t22-,23?,27?,28?/m1/s1. The Balaban J connectivity index is 1.08. The summed E-state index contributed by atoms with van der Waals surface area (Å²) in [6, 6.07) is 24.1. The van der Waals surface area contributed by atoms with Gasteiger partial charge < -0.3 is 14.6 Å².